The van der Waals surface area contributed by atoms with E-state index >= 15 is 0 Å². The smallest absolute Gasteiger partial charge is 0.347 e. The highest BCUT2D eigenvalue weighted by Gasteiger charge is 2.37. The third kappa shape index (κ3) is 2.27. The van der Waals surface area contributed by atoms with Crippen LogP contribution in [0.4, 0.5) is 9.18 Å². The number of benzene rings is 1. The summed E-state index contributed by atoms with van der Waals surface area (Å²) in [5.41, 5.74) is 6.22. The molecule has 2 N–H and O–H groups in total. The summed E-state index contributed by atoms with van der Waals surface area (Å²) >= 11 is 5.63. The number of hydrogen-bond donors (Lipinski definition) is 1. The summed E-state index contributed by atoms with van der Waals surface area (Å²) in [6.07, 6.45) is 5.32. The molecule has 0 radical (unpaired) electrons. The summed E-state index contributed by atoms with van der Waals surface area (Å²) in [5, 5.41) is 0.000122. The normalized spacial score (nSPS) is 20.1. The van der Waals surface area contributed by atoms with Crippen LogP contribution in [-0.2, 0) is 0 Å². The van der Waals surface area contributed by atoms with E-state index in [1.165, 1.54) is 17.0 Å². The molecule has 0 spiro atoms. The lowest BCUT2D eigenvalue weighted by atomic mass is 10.0. The molecule has 0 saturated carbocycles. The molecular weight excluding hydrogens is 269 g/mol. The molecule has 2 unspecified atom stereocenters. The van der Waals surface area contributed by atoms with Gasteiger partial charge in [-0.15, -0.1) is 6.42 Å². The van der Waals surface area contributed by atoms with Gasteiger partial charge in [-0.2, -0.15) is 4.99 Å². The van der Waals surface area contributed by atoms with Crippen LogP contribution >= 0.6 is 11.6 Å². The maximum absolute atomic E-state index is 13.5. The number of carbonyl (C=O) groups excluding carboxylic acids is 1. The number of amidine groups is 1. The molecule has 0 fully saturated rings. The van der Waals surface area contributed by atoms with Crippen molar-refractivity contribution in [1.29, 1.82) is 0 Å². The van der Waals surface area contributed by atoms with E-state index < -0.39 is 23.9 Å². The summed E-state index contributed by atoms with van der Waals surface area (Å²) in [6.45, 7) is 1.67. The molecule has 2 atom stereocenters. The zero-order valence-corrected chi connectivity index (χ0v) is 10.9. The van der Waals surface area contributed by atoms with Gasteiger partial charge in [-0.3, -0.25) is 4.90 Å². The highest BCUT2D eigenvalue weighted by molar-refractivity contribution is 6.30. The fourth-order valence-corrected chi connectivity index (χ4v) is 2.08. The van der Waals surface area contributed by atoms with Gasteiger partial charge in [-0.1, -0.05) is 23.6 Å². The van der Waals surface area contributed by atoms with Gasteiger partial charge in [0.2, 0.25) is 0 Å². The Balaban J connectivity index is 2.46. The van der Waals surface area contributed by atoms with Gasteiger partial charge in [0.15, 0.2) is 0 Å². The Labute approximate surface area is 115 Å². The van der Waals surface area contributed by atoms with Crippen molar-refractivity contribution in [2.24, 2.45) is 10.7 Å². The second-order valence-electron chi connectivity index (χ2n) is 4.15. The topological polar surface area (TPSA) is 58.7 Å². The number of hydrogen-bond acceptors (Lipinski definition) is 2. The fraction of sp³-hybridized carbons (Fsp3) is 0.231. The van der Waals surface area contributed by atoms with Crippen molar-refractivity contribution in [3.63, 3.8) is 0 Å². The minimum Gasteiger partial charge on any atom is -0.385 e. The molecular formula is C13H11ClFN3O. The average Bonchev–Trinajstić information content (AvgIpc) is 2.67. The highest BCUT2D eigenvalue weighted by Crippen LogP contribution is 2.30. The Morgan fingerprint density at radius 2 is 2.32 bits per heavy atom. The van der Waals surface area contributed by atoms with E-state index in [0.29, 0.717) is 5.56 Å². The standard InChI is InChI=1S/C13H11ClFN3O/c1-3-7(2)18-11(12(16)17-13(18)19)8-4-5-9(14)10(15)6-8/h1,4-7,11H,2H3,(H2,16,17,19). The Morgan fingerprint density at radius 3 is 2.89 bits per heavy atom. The summed E-state index contributed by atoms with van der Waals surface area (Å²) in [5.74, 6) is 1.95. The number of terminal acetylenes is 1. The van der Waals surface area contributed by atoms with Crippen LogP contribution in [0.5, 0.6) is 0 Å². The molecule has 98 valence electrons. The number of rotatable bonds is 2. The minimum absolute atomic E-state index is 0.000122. The van der Waals surface area contributed by atoms with Crippen LogP contribution in [0.2, 0.25) is 5.02 Å². The second kappa shape index (κ2) is 4.90. The van der Waals surface area contributed by atoms with Crippen molar-refractivity contribution in [1.82, 2.24) is 4.90 Å². The van der Waals surface area contributed by atoms with E-state index in [1.54, 1.807) is 13.0 Å². The molecule has 4 nitrogen and oxygen atoms in total. The van der Waals surface area contributed by atoms with Crippen molar-refractivity contribution >= 4 is 23.5 Å². The van der Waals surface area contributed by atoms with Crippen molar-refractivity contribution < 1.29 is 9.18 Å². The predicted molar refractivity (Wildman–Crippen MR) is 71.3 cm³/mol. The first-order chi connectivity index (χ1) is 8.95. The number of halogens is 2. The van der Waals surface area contributed by atoms with Gasteiger partial charge in [-0.25, -0.2) is 9.18 Å². The monoisotopic (exact) mass is 279 g/mol. The molecule has 1 aliphatic rings. The van der Waals surface area contributed by atoms with Gasteiger partial charge in [0.05, 0.1) is 11.1 Å². The number of aliphatic imine (C=N–C) groups is 1. The quantitative estimate of drug-likeness (QED) is 0.845. The van der Waals surface area contributed by atoms with Gasteiger partial charge >= 0.3 is 6.03 Å². The van der Waals surface area contributed by atoms with E-state index in [9.17, 15) is 9.18 Å². The van der Waals surface area contributed by atoms with Crippen LogP contribution in [-0.4, -0.2) is 22.8 Å². The van der Waals surface area contributed by atoms with Crippen LogP contribution in [0.25, 0.3) is 0 Å². The van der Waals surface area contributed by atoms with Gasteiger partial charge in [0.1, 0.15) is 17.7 Å². The SMILES string of the molecule is C#CC(C)N1C(=O)N=C(N)C1c1ccc(Cl)c(F)c1. The number of carbonyl (C=O) groups is 1. The van der Waals surface area contributed by atoms with Crippen molar-refractivity contribution in [3.05, 3.63) is 34.6 Å². The van der Waals surface area contributed by atoms with Crippen LogP contribution < -0.4 is 5.73 Å². The Hall–Kier alpha value is -2.06. The molecule has 19 heavy (non-hydrogen) atoms. The van der Waals surface area contributed by atoms with Crippen molar-refractivity contribution in [3.8, 4) is 12.3 Å². The molecule has 2 amide bonds. The van der Waals surface area contributed by atoms with Gasteiger partial charge in [0, 0.05) is 0 Å². The number of nitrogens with two attached hydrogens (primary N) is 1. The Morgan fingerprint density at radius 1 is 1.63 bits per heavy atom. The third-order valence-electron chi connectivity index (χ3n) is 2.92. The van der Waals surface area contributed by atoms with E-state index in [1.807, 2.05) is 0 Å². The van der Waals surface area contributed by atoms with Crippen molar-refractivity contribution in [2.75, 3.05) is 0 Å². The molecule has 1 heterocycles. The molecule has 0 saturated heterocycles. The van der Waals surface area contributed by atoms with E-state index in [0.717, 1.165) is 0 Å². The molecule has 0 aromatic heterocycles. The summed E-state index contributed by atoms with van der Waals surface area (Å²) in [7, 11) is 0. The number of amides is 2. The summed E-state index contributed by atoms with van der Waals surface area (Å²) < 4.78 is 13.5. The zero-order valence-electron chi connectivity index (χ0n) is 10.1. The largest absolute Gasteiger partial charge is 0.385 e. The maximum atomic E-state index is 13.5. The van der Waals surface area contributed by atoms with Crippen molar-refractivity contribution in [2.45, 2.75) is 19.0 Å². The lowest BCUT2D eigenvalue weighted by Gasteiger charge is -2.27. The molecule has 1 aromatic carbocycles. The zero-order chi connectivity index (χ0) is 14.2. The van der Waals surface area contributed by atoms with E-state index in [4.69, 9.17) is 23.8 Å². The van der Waals surface area contributed by atoms with Crippen LogP contribution in [0.15, 0.2) is 23.2 Å². The highest BCUT2D eigenvalue weighted by atomic mass is 35.5. The molecule has 0 bridgehead atoms. The van der Waals surface area contributed by atoms with E-state index in [2.05, 4.69) is 10.9 Å². The summed E-state index contributed by atoms with van der Waals surface area (Å²) in [4.78, 5) is 16.8. The molecule has 1 aliphatic heterocycles. The first kappa shape index (κ1) is 13.4. The number of nitrogens with zero attached hydrogens (tertiary/aromatic N) is 2. The molecule has 1 aromatic rings. The second-order valence-corrected chi connectivity index (χ2v) is 4.55. The molecule has 2 rings (SSSR count). The Kier molecular flexibility index (Phi) is 3.45. The average molecular weight is 280 g/mol. The van der Waals surface area contributed by atoms with Crippen LogP contribution in [0.3, 0.4) is 0 Å². The fourth-order valence-electron chi connectivity index (χ4n) is 1.97. The maximum Gasteiger partial charge on any atom is 0.347 e. The first-order valence-corrected chi connectivity index (χ1v) is 5.91. The van der Waals surface area contributed by atoms with Gasteiger partial charge < -0.3 is 5.73 Å². The minimum atomic E-state index is -0.662. The Bertz CT molecular complexity index is 608. The molecule has 6 heteroatoms. The summed E-state index contributed by atoms with van der Waals surface area (Å²) in [6, 6.07) is 2.54. The van der Waals surface area contributed by atoms with Gasteiger partial charge in [-0.05, 0) is 24.6 Å². The third-order valence-corrected chi connectivity index (χ3v) is 3.23. The number of urea groups is 1. The van der Waals surface area contributed by atoms with Crippen LogP contribution in [0, 0.1) is 18.2 Å². The lowest BCUT2D eigenvalue weighted by molar-refractivity contribution is 0.199. The predicted octanol–water partition coefficient (Wildman–Crippen LogP) is 2.33. The van der Waals surface area contributed by atoms with Crippen LogP contribution in [0.1, 0.15) is 18.5 Å². The lowest BCUT2D eigenvalue weighted by Crippen LogP contribution is -2.39. The van der Waals surface area contributed by atoms with Gasteiger partial charge in [0.25, 0.3) is 0 Å². The molecule has 0 aliphatic carbocycles. The van der Waals surface area contributed by atoms with E-state index in [-0.39, 0.29) is 10.9 Å². The first-order valence-electron chi connectivity index (χ1n) is 5.53.